The molecule has 78 valence electrons. The predicted octanol–water partition coefficient (Wildman–Crippen LogP) is -0.115. The van der Waals surface area contributed by atoms with Gasteiger partial charge >= 0.3 is 17.2 Å². The van der Waals surface area contributed by atoms with Crippen LogP contribution in [0.2, 0.25) is 0 Å². The average Bonchev–Trinajstić information content (AvgIpc) is 2.02. The topological polar surface area (TPSA) is 74.2 Å². The lowest BCUT2D eigenvalue weighted by atomic mass is 10.4. The molecule has 1 rings (SSSR count). The first-order valence-electron chi connectivity index (χ1n) is 3.69. The maximum Gasteiger partial charge on any atom is 0.438 e. The molecule has 0 amide bonds. The summed E-state index contributed by atoms with van der Waals surface area (Å²) in [4.78, 5) is 33.6. The van der Waals surface area contributed by atoms with Gasteiger partial charge in [0.1, 0.15) is 0 Å². The molecule has 0 aliphatic rings. The van der Waals surface area contributed by atoms with Crippen LogP contribution in [0.3, 0.4) is 0 Å². The Balaban J connectivity index is 3.71. The molecule has 0 saturated carbocycles. The van der Waals surface area contributed by atoms with E-state index in [4.69, 9.17) is 0 Å². The molecule has 1 heterocycles. The van der Waals surface area contributed by atoms with Crippen molar-refractivity contribution in [3.05, 3.63) is 31.6 Å². The first-order valence-corrected chi connectivity index (χ1v) is 5.52. The molecule has 0 saturated heterocycles. The van der Waals surface area contributed by atoms with Gasteiger partial charge in [0.15, 0.2) is 0 Å². The first-order chi connectivity index (χ1) is 6.49. The average molecular weight is 236 g/mol. The molecule has 0 fully saturated rings. The summed E-state index contributed by atoms with van der Waals surface area (Å²) < 4.78 is 5.81. The summed E-state index contributed by atoms with van der Waals surface area (Å²) in [5, 5.41) is 0. The van der Waals surface area contributed by atoms with E-state index in [1.54, 1.807) is 13.8 Å². The SMILES string of the molecule is CC(C)n1c(=O)oc(=O)n(SS)c1=O. The van der Waals surface area contributed by atoms with Gasteiger partial charge in [0.2, 0.25) is 0 Å². The van der Waals surface area contributed by atoms with Crippen molar-refractivity contribution in [3.63, 3.8) is 0 Å². The van der Waals surface area contributed by atoms with Gasteiger partial charge in [-0.3, -0.25) is 0 Å². The lowest BCUT2D eigenvalue weighted by molar-refractivity contribution is 0.342. The van der Waals surface area contributed by atoms with Crippen molar-refractivity contribution in [2.75, 3.05) is 0 Å². The molecular formula is C6H8N2O4S2. The standard InChI is InChI=1S/C6H8N2O4S2/c1-3(2)7-4(9)8(14-13)6(11)12-5(7)10/h3,13H,1-2H3. The third-order valence-corrected chi connectivity index (χ3v) is 2.47. The Morgan fingerprint density at radius 1 is 1.29 bits per heavy atom. The van der Waals surface area contributed by atoms with Gasteiger partial charge in [-0.05, 0) is 13.8 Å². The van der Waals surface area contributed by atoms with Crippen molar-refractivity contribution in [2.45, 2.75) is 19.9 Å². The maximum absolute atomic E-state index is 11.5. The zero-order chi connectivity index (χ0) is 10.9. The molecule has 0 N–H and O–H groups in total. The highest BCUT2D eigenvalue weighted by Gasteiger charge is 2.13. The van der Waals surface area contributed by atoms with E-state index in [0.29, 0.717) is 15.0 Å². The van der Waals surface area contributed by atoms with Crippen molar-refractivity contribution >= 4 is 22.6 Å². The van der Waals surface area contributed by atoms with E-state index in [1.807, 2.05) is 0 Å². The van der Waals surface area contributed by atoms with E-state index < -0.39 is 17.2 Å². The summed E-state index contributed by atoms with van der Waals surface area (Å²) in [6.45, 7) is 3.27. The lowest BCUT2D eigenvalue weighted by Gasteiger charge is -2.07. The van der Waals surface area contributed by atoms with Crippen molar-refractivity contribution in [2.24, 2.45) is 0 Å². The van der Waals surface area contributed by atoms with Crippen LogP contribution in [0.5, 0.6) is 0 Å². The predicted molar refractivity (Wildman–Crippen MR) is 55.9 cm³/mol. The number of nitrogens with zero attached hydrogens (tertiary/aromatic N) is 2. The third-order valence-electron chi connectivity index (χ3n) is 1.52. The monoisotopic (exact) mass is 236 g/mol. The van der Waals surface area contributed by atoms with Crippen LogP contribution in [0.25, 0.3) is 0 Å². The van der Waals surface area contributed by atoms with Crippen LogP contribution >= 0.6 is 22.6 Å². The fourth-order valence-corrected chi connectivity index (χ4v) is 1.59. The Bertz CT molecular complexity index is 498. The van der Waals surface area contributed by atoms with Gasteiger partial charge in [-0.1, -0.05) is 11.7 Å². The summed E-state index contributed by atoms with van der Waals surface area (Å²) in [6.07, 6.45) is 0. The summed E-state index contributed by atoms with van der Waals surface area (Å²) in [5.41, 5.74) is -0.735. The van der Waals surface area contributed by atoms with Crippen molar-refractivity contribution < 1.29 is 4.42 Å². The Kier molecular flexibility index (Phi) is 3.27. The van der Waals surface area contributed by atoms with Gasteiger partial charge in [-0.15, -0.1) is 0 Å². The Morgan fingerprint density at radius 2 is 1.86 bits per heavy atom. The number of hydrogen-bond acceptors (Lipinski definition) is 6. The lowest BCUT2D eigenvalue weighted by Crippen LogP contribution is -2.44. The molecule has 0 spiro atoms. The maximum atomic E-state index is 11.5. The minimum absolute atomic E-state index is 0.369. The van der Waals surface area contributed by atoms with E-state index in [1.165, 1.54) is 0 Å². The van der Waals surface area contributed by atoms with Crippen molar-refractivity contribution in [1.82, 2.24) is 8.54 Å². The van der Waals surface area contributed by atoms with Crippen LogP contribution < -0.4 is 17.2 Å². The van der Waals surface area contributed by atoms with E-state index in [-0.39, 0.29) is 6.04 Å². The van der Waals surface area contributed by atoms with E-state index in [0.717, 1.165) is 4.57 Å². The molecule has 0 aromatic carbocycles. The van der Waals surface area contributed by atoms with Crippen LogP contribution in [0.4, 0.5) is 0 Å². The molecule has 0 unspecified atom stereocenters. The number of hydrogen-bond donors (Lipinski definition) is 1. The highest BCUT2D eigenvalue weighted by molar-refractivity contribution is 8.67. The van der Waals surface area contributed by atoms with Gasteiger partial charge in [-0.2, -0.15) is 3.97 Å². The van der Waals surface area contributed by atoms with Crippen LogP contribution in [0.1, 0.15) is 19.9 Å². The van der Waals surface area contributed by atoms with Gasteiger partial charge in [0, 0.05) is 17.0 Å². The van der Waals surface area contributed by atoms with Crippen LogP contribution in [-0.2, 0) is 0 Å². The number of aromatic nitrogens is 2. The summed E-state index contributed by atoms with van der Waals surface area (Å²) in [7, 11) is 0.595. The third kappa shape index (κ3) is 1.80. The van der Waals surface area contributed by atoms with E-state index in [9.17, 15) is 14.4 Å². The molecule has 0 aliphatic carbocycles. The Labute approximate surface area is 87.5 Å². The molecule has 8 heteroatoms. The second-order valence-electron chi connectivity index (χ2n) is 2.76. The summed E-state index contributed by atoms with van der Waals surface area (Å²) >= 11 is 3.70. The summed E-state index contributed by atoms with van der Waals surface area (Å²) in [5.74, 6) is -1.97. The molecule has 0 atom stereocenters. The highest BCUT2D eigenvalue weighted by Crippen LogP contribution is 2.02. The number of thiol groups is 1. The van der Waals surface area contributed by atoms with Gasteiger partial charge < -0.3 is 4.42 Å². The zero-order valence-electron chi connectivity index (χ0n) is 7.46. The second-order valence-corrected chi connectivity index (χ2v) is 3.77. The van der Waals surface area contributed by atoms with Crippen LogP contribution in [0.15, 0.2) is 18.8 Å². The van der Waals surface area contributed by atoms with Crippen LogP contribution in [-0.4, -0.2) is 8.54 Å². The van der Waals surface area contributed by atoms with Crippen molar-refractivity contribution in [1.29, 1.82) is 0 Å². The van der Waals surface area contributed by atoms with Gasteiger partial charge in [0.05, 0.1) is 0 Å². The molecule has 1 aromatic rings. The Morgan fingerprint density at radius 3 is 2.29 bits per heavy atom. The molecule has 6 nitrogen and oxygen atoms in total. The number of rotatable bonds is 2. The van der Waals surface area contributed by atoms with Gasteiger partial charge in [-0.25, -0.2) is 19.0 Å². The van der Waals surface area contributed by atoms with Crippen LogP contribution in [0, 0.1) is 0 Å². The summed E-state index contributed by atoms with van der Waals surface area (Å²) in [6, 6.07) is -0.369. The molecule has 0 radical (unpaired) electrons. The quantitative estimate of drug-likeness (QED) is 0.572. The zero-order valence-corrected chi connectivity index (χ0v) is 9.17. The van der Waals surface area contributed by atoms with Crippen molar-refractivity contribution in [3.8, 4) is 0 Å². The highest BCUT2D eigenvalue weighted by atomic mass is 33.1. The Hall–Kier alpha value is -0.890. The molecular weight excluding hydrogens is 228 g/mol. The minimum Gasteiger partial charge on any atom is -0.358 e. The van der Waals surface area contributed by atoms with E-state index in [2.05, 4.69) is 16.1 Å². The smallest absolute Gasteiger partial charge is 0.358 e. The largest absolute Gasteiger partial charge is 0.438 e. The fourth-order valence-electron chi connectivity index (χ4n) is 0.919. The first kappa shape index (κ1) is 11.2. The molecule has 0 aliphatic heterocycles. The van der Waals surface area contributed by atoms with Gasteiger partial charge in [0.25, 0.3) is 0 Å². The second kappa shape index (κ2) is 4.09. The normalized spacial score (nSPS) is 10.9. The molecule has 1 aromatic heterocycles. The fraction of sp³-hybridized carbons (Fsp3) is 0.500. The molecule has 0 bridgehead atoms. The minimum atomic E-state index is -1.02. The van der Waals surface area contributed by atoms with E-state index >= 15 is 0 Å². The molecule has 14 heavy (non-hydrogen) atoms.